The molecule has 36 heavy (non-hydrogen) atoms. The Hall–Kier alpha value is -2.60. The maximum absolute atomic E-state index is 13.7. The molecular formula is C22H37N6O7P. The Morgan fingerprint density at radius 3 is 2.58 bits per heavy atom. The first-order chi connectivity index (χ1) is 16.9. The fourth-order valence-electron chi connectivity index (χ4n) is 3.13. The zero-order chi connectivity index (χ0) is 26.9. The standard InChI is InChI=1S/C22H37N6O7P/c1-7-9-32-21(30)22(5,6)27-36(31,34-10-8-17(29)35-15(2)3)14-33-16(4)11-28-13-26-18-19(23)24-12-25-20(18)28/h12-13,15-16H,7-11,14H2,1-6H3,(H,27,31)(H2,23,24,25)/t16-,36+/m1/s1. The number of nitrogens with two attached hydrogens (primary N) is 1. The number of nitrogens with zero attached hydrogens (tertiary/aromatic N) is 4. The summed E-state index contributed by atoms with van der Waals surface area (Å²) in [6.07, 6.45) is 2.36. The predicted molar refractivity (Wildman–Crippen MR) is 133 cm³/mol. The lowest BCUT2D eigenvalue weighted by atomic mass is 10.1. The van der Waals surface area contributed by atoms with E-state index < -0.39 is 31.1 Å². The van der Waals surface area contributed by atoms with Crippen molar-refractivity contribution >= 4 is 36.4 Å². The number of rotatable bonds is 15. The van der Waals surface area contributed by atoms with Crippen molar-refractivity contribution in [1.82, 2.24) is 24.6 Å². The van der Waals surface area contributed by atoms with Crippen LogP contribution in [0.3, 0.4) is 0 Å². The molecule has 0 aliphatic heterocycles. The van der Waals surface area contributed by atoms with E-state index in [1.54, 1.807) is 45.5 Å². The van der Waals surface area contributed by atoms with Crippen molar-refractivity contribution in [3.05, 3.63) is 12.7 Å². The highest BCUT2D eigenvalue weighted by molar-refractivity contribution is 7.56. The monoisotopic (exact) mass is 528 g/mol. The fraction of sp³-hybridized carbons (Fsp3) is 0.682. The second-order valence-corrected chi connectivity index (χ2v) is 11.2. The van der Waals surface area contributed by atoms with Gasteiger partial charge in [-0.2, -0.15) is 0 Å². The maximum atomic E-state index is 13.7. The van der Waals surface area contributed by atoms with E-state index in [0.29, 0.717) is 24.1 Å². The number of nitrogen functional groups attached to an aromatic ring is 1. The van der Waals surface area contributed by atoms with Crippen LogP contribution in [-0.4, -0.2) is 68.8 Å². The number of imidazole rings is 1. The Balaban J connectivity index is 2.08. The topological polar surface area (TPSA) is 170 Å². The molecule has 202 valence electrons. The number of hydrogen-bond acceptors (Lipinski definition) is 11. The van der Waals surface area contributed by atoms with Gasteiger partial charge in [-0.3, -0.25) is 14.2 Å². The summed E-state index contributed by atoms with van der Waals surface area (Å²) in [7, 11) is -3.77. The van der Waals surface area contributed by atoms with E-state index in [1.165, 1.54) is 6.33 Å². The van der Waals surface area contributed by atoms with Gasteiger partial charge in [0.2, 0.25) is 0 Å². The lowest BCUT2D eigenvalue weighted by molar-refractivity contribution is -0.150. The van der Waals surface area contributed by atoms with E-state index in [2.05, 4.69) is 20.0 Å². The van der Waals surface area contributed by atoms with Crippen LogP contribution in [0.15, 0.2) is 12.7 Å². The quantitative estimate of drug-likeness (QED) is 0.256. The molecule has 0 radical (unpaired) electrons. The minimum atomic E-state index is -3.77. The van der Waals surface area contributed by atoms with Crippen molar-refractivity contribution in [2.75, 3.05) is 25.3 Å². The molecule has 13 nitrogen and oxygen atoms in total. The molecule has 0 aromatic carbocycles. The molecule has 2 aromatic rings. The van der Waals surface area contributed by atoms with Gasteiger partial charge < -0.3 is 29.0 Å². The van der Waals surface area contributed by atoms with Gasteiger partial charge in [-0.25, -0.2) is 20.0 Å². The third-order valence-electron chi connectivity index (χ3n) is 4.78. The first-order valence-corrected chi connectivity index (χ1v) is 13.6. The number of nitrogens with one attached hydrogen (secondary N) is 1. The molecule has 0 unspecified atom stereocenters. The second-order valence-electron chi connectivity index (χ2n) is 9.10. The molecule has 0 saturated heterocycles. The SMILES string of the molecule is CCCOC(=O)C(C)(C)N[P@](=O)(CO[C@H](C)Cn1cnc2c(N)ncnc21)OCCC(=O)OC(C)C. The van der Waals surface area contributed by atoms with Gasteiger partial charge in [0, 0.05) is 0 Å². The highest BCUT2D eigenvalue weighted by Crippen LogP contribution is 2.45. The highest BCUT2D eigenvalue weighted by Gasteiger charge is 2.38. The molecule has 0 amide bonds. The number of carbonyl (C=O) groups is 2. The summed E-state index contributed by atoms with van der Waals surface area (Å²) < 4.78 is 37.2. The van der Waals surface area contributed by atoms with E-state index in [1.807, 2.05) is 6.92 Å². The summed E-state index contributed by atoms with van der Waals surface area (Å²) in [4.78, 5) is 36.7. The number of anilines is 1. The summed E-state index contributed by atoms with van der Waals surface area (Å²) in [6, 6.07) is 0. The predicted octanol–water partition coefficient (Wildman–Crippen LogP) is 2.64. The Kier molecular flexibility index (Phi) is 10.8. The molecule has 0 bridgehead atoms. The molecule has 2 atom stereocenters. The van der Waals surface area contributed by atoms with Gasteiger partial charge in [0.15, 0.2) is 11.5 Å². The zero-order valence-corrected chi connectivity index (χ0v) is 22.6. The molecule has 0 aliphatic carbocycles. The van der Waals surface area contributed by atoms with Crippen molar-refractivity contribution in [3.8, 4) is 0 Å². The van der Waals surface area contributed by atoms with E-state index in [0.717, 1.165) is 0 Å². The normalized spacial score (nSPS) is 14.5. The van der Waals surface area contributed by atoms with Crippen LogP contribution < -0.4 is 10.8 Å². The van der Waals surface area contributed by atoms with Crippen LogP contribution in [0.1, 0.15) is 54.4 Å². The summed E-state index contributed by atoms with van der Waals surface area (Å²) in [5.41, 5.74) is 5.52. The van der Waals surface area contributed by atoms with Gasteiger partial charge in [0.1, 0.15) is 23.7 Å². The van der Waals surface area contributed by atoms with Crippen molar-refractivity contribution < 1.29 is 32.9 Å². The lowest BCUT2D eigenvalue weighted by Crippen LogP contribution is -2.47. The van der Waals surface area contributed by atoms with Gasteiger partial charge in [-0.1, -0.05) is 6.92 Å². The Morgan fingerprint density at radius 2 is 1.92 bits per heavy atom. The third-order valence-corrected chi connectivity index (χ3v) is 6.77. The Labute approximate surface area is 210 Å². The van der Waals surface area contributed by atoms with Crippen molar-refractivity contribution in [2.45, 2.75) is 78.7 Å². The summed E-state index contributed by atoms with van der Waals surface area (Å²) in [6.45, 7) is 10.6. The number of ether oxygens (including phenoxy) is 3. The minimum absolute atomic E-state index is 0.109. The van der Waals surface area contributed by atoms with Crippen LogP contribution in [-0.2, 0) is 39.4 Å². The average molecular weight is 529 g/mol. The smallest absolute Gasteiger partial charge is 0.326 e. The van der Waals surface area contributed by atoms with Crippen molar-refractivity contribution in [2.24, 2.45) is 0 Å². The van der Waals surface area contributed by atoms with E-state index in [9.17, 15) is 14.2 Å². The van der Waals surface area contributed by atoms with Crippen LogP contribution in [0.25, 0.3) is 11.2 Å². The summed E-state index contributed by atoms with van der Waals surface area (Å²) in [5.74, 6) is -0.800. The largest absolute Gasteiger partial charge is 0.464 e. The number of hydrogen-bond donors (Lipinski definition) is 2. The van der Waals surface area contributed by atoms with Gasteiger partial charge in [0.05, 0.1) is 44.7 Å². The Bertz CT molecular complexity index is 1070. The maximum Gasteiger partial charge on any atom is 0.326 e. The van der Waals surface area contributed by atoms with E-state index in [4.69, 9.17) is 24.5 Å². The molecule has 0 saturated carbocycles. The first kappa shape index (κ1) is 29.6. The van der Waals surface area contributed by atoms with Crippen molar-refractivity contribution in [3.63, 3.8) is 0 Å². The van der Waals surface area contributed by atoms with Crippen LogP contribution in [0, 0.1) is 0 Å². The fourth-order valence-corrected chi connectivity index (χ4v) is 5.12. The number of aromatic nitrogens is 4. The lowest BCUT2D eigenvalue weighted by Gasteiger charge is -2.30. The van der Waals surface area contributed by atoms with Gasteiger partial charge in [-0.05, 0) is 41.0 Å². The molecule has 2 aromatic heterocycles. The number of carbonyl (C=O) groups excluding carboxylic acids is 2. The number of esters is 2. The van der Waals surface area contributed by atoms with Crippen LogP contribution in [0.4, 0.5) is 5.82 Å². The van der Waals surface area contributed by atoms with E-state index >= 15 is 0 Å². The van der Waals surface area contributed by atoms with E-state index in [-0.39, 0.29) is 37.9 Å². The minimum Gasteiger partial charge on any atom is -0.464 e. The summed E-state index contributed by atoms with van der Waals surface area (Å²) >= 11 is 0. The molecule has 3 N–H and O–H groups in total. The van der Waals surface area contributed by atoms with Crippen LogP contribution >= 0.6 is 7.52 Å². The summed E-state index contributed by atoms with van der Waals surface area (Å²) in [5, 5.41) is 2.77. The Morgan fingerprint density at radius 1 is 1.19 bits per heavy atom. The third kappa shape index (κ3) is 8.81. The second kappa shape index (κ2) is 13.1. The molecule has 0 spiro atoms. The zero-order valence-electron chi connectivity index (χ0n) is 21.7. The number of fused-ring (bicyclic) bond motifs is 1. The van der Waals surface area contributed by atoms with Gasteiger partial charge in [-0.15, -0.1) is 0 Å². The first-order valence-electron chi connectivity index (χ1n) is 11.8. The molecule has 0 fully saturated rings. The van der Waals surface area contributed by atoms with Crippen molar-refractivity contribution in [1.29, 1.82) is 0 Å². The molecular weight excluding hydrogens is 491 g/mol. The van der Waals surface area contributed by atoms with Gasteiger partial charge in [0.25, 0.3) is 7.52 Å². The van der Waals surface area contributed by atoms with Crippen LogP contribution in [0.2, 0.25) is 0 Å². The van der Waals surface area contributed by atoms with Gasteiger partial charge >= 0.3 is 11.9 Å². The molecule has 2 rings (SSSR count). The molecule has 2 heterocycles. The molecule has 14 heteroatoms. The van der Waals surface area contributed by atoms with Crippen LogP contribution in [0.5, 0.6) is 0 Å². The highest BCUT2D eigenvalue weighted by atomic mass is 31.2. The molecule has 0 aliphatic rings. The average Bonchev–Trinajstić information content (AvgIpc) is 3.19.